The van der Waals surface area contributed by atoms with Crippen LogP contribution in [0.3, 0.4) is 0 Å². The number of hydrogen-bond donors (Lipinski definition) is 0. The Balaban J connectivity index is 3.51. The van der Waals surface area contributed by atoms with Gasteiger partial charge in [-0.1, -0.05) is 34.5 Å². The van der Waals surface area contributed by atoms with Crippen LogP contribution >= 0.6 is 41.9 Å². The van der Waals surface area contributed by atoms with E-state index in [9.17, 15) is 4.79 Å². The minimum absolute atomic E-state index is 0.289. The van der Waals surface area contributed by atoms with Gasteiger partial charge in [0.05, 0.1) is 0 Å². The van der Waals surface area contributed by atoms with Gasteiger partial charge in [-0.3, -0.25) is 4.79 Å². The summed E-state index contributed by atoms with van der Waals surface area (Å²) in [7, 11) is 1.80. The number of hydrogen-bond acceptors (Lipinski definition) is 3. The van der Waals surface area contributed by atoms with Crippen molar-refractivity contribution in [2.75, 3.05) is 11.5 Å². The smallest absolute Gasteiger partial charge is 0.176 e. The van der Waals surface area contributed by atoms with Crippen molar-refractivity contribution in [1.29, 1.82) is 0 Å². The summed E-state index contributed by atoms with van der Waals surface area (Å²) in [5.74, 6) is 2.03. The zero-order valence-corrected chi connectivity index (χ0v) is 9.88. The third-order valence-corrected chi connectivity index (χ3v) is 3.90. The van der Waals surface area contributed by atoms with E-state index in [1.54, 1.807) is 8.93 Å². The van der Waals surface area contributed by atoms with Crippen LogP contribution in [0.1, 0.15) is 13.8 Å². The zero-order chi connectivity index (χ0) is 8.04. The molecule has 60 valence electrons. The van der Waals surface area contributed by atoms with Crippen LogP contribution < -0.4 is 0 Å². The van der Waals surface area contributed by atoms with Gasteiger partial charge in [0.15, 0.2) is 5.62 Å². The predicted octanol–water partition coefficient (Wildman–Crippen LogP) is 3.02. The lowest BCUT2D eigenvalue weighted by Gasteiger charge is -2.20. The lowest BCUT2D eigenvalue weighted by Crippen LogP contribution is -2.17. The monoisotopic (exact) mass is 290 g/mol. The lowest BCUT2D eigenvalue weighted by molar-refractivity contribution is 0.493. The van der Waals surface area contributed by atoms with E-state index in [4.69, 9.17) is 0 Å². The molecule has 0 aromatic rings. The average molecular weight is 290 g/mol. The number of carbonyl (C=O) groups excluding carboxylic acids is 1. The van der Waals surface area contributed by atoms with Crippen LogP contribution in [0, 0.1) is 5.41 Å². The summed E-state index contributed by atoms with van der Waals surface area (Å²) in [5.41, 5.74) is 1.21. The normalized spacial score (nSPS) is 11.5. The molecule has 0 aliphatic heterocycles. The maximum Gasteiger partial charge on any atom is 0.176 e. The fraction of sp³-hybridized carbons (Fsp3) is 0.833. The molecule has 0 saturated heterocycles. The Hall–Kier alpha value is 1.10. The molecule has 0 rings (SSSR count). The van der Waals surface area contributed by atoms with Gasteiger partial charge in [-0.05, 0) is 26.6 Å². The fourth-order valence-corrected chi connectivity index (χ4v) is 4.13. The Morgan fingerprint density at radius 3 is 2.50 bits per heavy atom. The van der Waals surface area contributed by atoms with E-state index in [0.29, 0.717) is 0 Å². The largest absolute Gasteiger partial charge is 0.291 e. The number of thioether (sulfide) groups is 1. The second-order valence-corrected chi connectivity index (χ2v) is 6.01. The summed E-state index contributed by atoms with van der Waals surface area (Å²) in [4.78, 5) is 10.0. The van der Waals surface area contributed by atoms with Gasteiger partial charge in [-0.25, -0.2) is 0 Å². The standard InChI is InChI=1S/C6H11IOS2/c1-6(2,4-10-7)3-9-5-8/h5H,3-4H2,1-2H3. The number of rotatable bonds is 5. The molecular weight excluding hydrogens is 279 g/mol. The Labute approximate surface area is 82.7 Å². The quantitative estimate of drug-likeness (QED) is 0.572. The molecule has 10 heavy (non-hydrogen) atoms. The van der Waals surface area contributed by atoms with Gasteiger partial charge < -0.3 is 0 Å². The lowest BCUT2D eigenvalue weighted by atomic mass is 10.0. The molecule has 1 nitrogen and oxygen atoms in total. The van der Waals surface area contributed by atoms with E-state index in [0.717, 1.165) is 17.1 Å². The minimum atomic E-state index is 0.289. The first-order chi connectivity index (χ1) is 4.62. The first kappa shape index (κ1) is 11.1. The summed E-state index contributed by atoms with van der Waals surface area (Å²) in [6.07, 6.45) is 0. The van der Waals surface area contributed by atoms with Gasteiger partial charge >= 0.3 is 0 Å². The molecule has 0 saturated carbocycles. The Morgan fingerprint density at radius 2 is 2.10 bits per heavy atom. The van der Waals surface area contributed by atoms with Crippen molar-refractivity contribution in [1.82, 2.24) is 0 Å². The fourth-order valence-electron chi connectivity index (χ4n) is 0.449. The van der Waals surface area contributed by atoms with Crippen LogP contribution in [-0.2, 0) is 4.79 Å². The molecule has 0 aromatic carbocycles. The Bertz CT molecular complexity index is 106. The van der Waals surface area contributed by atoms with Crippen LogP contribution in [-0.4, -0.2) is 17.1 Å². The molecule has 0 atom stereocenters. The first-order valence-corrected chi connectivity index (χ1v) is 7.49. The molecule has 0 amide bonds. The van der Waals surface area contributed by atoms with Crippen molar-refractivity contribution in [2.24, 2.45) is 5.41 Å². The van der Waals surface area contributed by atoms with Crippen LogP contribution in [0.2, 0.25) is 0 Å². The summed E-state index contributed by atoms with van der Waals surface area (Å²) in [6, 6.07) is 0. The second kappa shape index (κ2) is 5.71. The van der Waals surface area contributed by atoms with E-state index >= 15 is 0 Å². The zero-order valence-electron chi connectivity index (χ0n) is 6.09. The molecule has 4 heteroatoms. The predicted molar refractivity (Wildman–Crippen MR) is 59.5 cm³/mol. The molecule has 0 fully saturated rings. The van der Waals surface area contributed by atoms with E-state index in [-0.39, 0.29) is 5.41 Å². The molecule has 0 N–H and O–H groups in total. The second-order valence-electron chi connectivity index (χ2n) is 2.82. The first-order valence-electron chi connectivity index (χ1n) is 2.91. The molecule has 0 aromatic heterocycles. The molecule has 0 bridgehead atoms. The van der Waals surface area contributed by atoms with Gasteiger partial charge in [0, 0.05) is 11.5 Å². The van der Waals surface area contributed by atoms with Gasteiger partial charge in [0.2, 0.25) is 0 Å². The summed E-state index contributed by atoms with van der Waals surface area (Å²) in [6.45, 7) is 4.35. The van der Waals surface area contributed by atoms with Crippen molar-refractivity contribution in [2.45, 2.75) is 13.8 Å². The molecule has 0 unspecified atom stereocenters. The minimum Gasteiger partial charge on any atom is -0.291 e. The van der Waals surface area contributed by atoms with Crippen molar-refractivity contribution in [3.8, 4) is 0 Å². The van der Waals surface area contributed by atoms with Gasteiger partial charge in [0.1, 0.15) is 0 Å². The van der Waals surface area contributed by atoms with Crippen molar-refractivity contribution in [3.63, 3.8) is 0 Å². The highest BCUT2D eigenvalue weighted by atomic mass is 127. The topological polar surface area (TPSA) is 17.1 Å². The summed E-state index contributed by atoms with van der Waals surface area (Å²) < 4.78 is 0. The molecule has 0 heterocycles. The van der Waals surface area contributed by atoms with E-state index in [1.165, 1.54) is 11.8 Å². The molecule has 0 spiro atoms. The molecular formula is C6H11IOS2. The molecule has 0 radical (unpaired) electrons. The Kier molecular flexibility index (Phi) is 6.34. The van der Waals surface area contributed by atoms with Crippen molar-refractivity contribution in [3.05, 3.63) is 0 Å². The maximum atomic E-state index is 10.0. The summed E-state index contributed by atoms with van der Waals surface area (Å²) in [5, 5.41) is 0. The van der Waals surface area contributed by atoms with E-state index in [1.807, 2.05) is 0 Å². The number of halogens is 1. The van der Waals surface area contributed by atoms with E-state index < -0.39 is 0 Å². The van der Waals surface area contributed by atoms with Gasteiger partial charge in [-0.15, -0.1) is 0 Å². The number of carbonyl (C=O) groups is 1. The van der Waals surface area contributed by atoms with Gasteiger partial charge in [-0.2, -0.15) is 0 Å². The van der Waals surface area contributed by atoms with Crippen LogP contribution in [0.25, 0.3) is 0 Å². The SMILES string of the molecule is CC(C)(CSI)CSC=O. The van der Waals surface area contributed by atoms with Crippen LogP contribution in [0.5, 0.6) is 0 Å². The maximum absolute atomic E-state index is 10.0. The van der Waals surface area contributed by atoms with E-state index in [2.05, 4.69) is 35.1 Å². The van der Waals surface area contributed by atoms with Crippen molar-refractivity contribution >= 4 is 47.5 Å². The third-order valence-electron chi connectivity index (χ3n) is 0.987. The molecule has 0 aliphatic carbocycles. The Morgan fingerprint density at radius 1 is 1.50 bits per heavy atom. The van der Waals surface area contributed by atoms with Crippen molar-refractivity contribution < 1.29 is 4.79 Å². The molecule has 0 aliphatic rings. The highest BCUT2D eigenvalue weighted by molar-refractivity contribution is 14.2. The highest BCUT2D eigenvalue weighted by Gasteiger charge is 2.16. The third kappa shape index (κ3) is 5.85. The van der Waals surface area contributed by atoms with Crippen LogP contribution in [0.15, 0.2) is 0 Å². The highest BCUT2D eigenvalue weighted by Crippen LogP contribution is 2.28. The van der Waals surface area contributed by atoms with Gasteiger partial charge in [0.25, 0.3) is 0 Å². The average Bonchev–Trinajstić information content (AvgIpc) is 1.84. The summed E-state index contributed by atoms with van der Waals surface area (Å²) >= 11 is 3.64. The van der Waals surface area contributed by atoms with Crippen LogP contribution in [0.4, 0.5) is 0 Å².